The molecular weight excluding hydrogens is 284 g/mol. The summed E-state index contributed by atoms with van der Waals surface area (Å²) in [4.78, 5) is 18.5. The first kappa shape index (κ1) is 14.6. The molecule has 1 aliphatic rings. The Morgan fingerprint density at radius 1 is 1.63 bits per heavy atom. The van der Waals surface area contributed by atoms with Gasteiger partial charge in [0.05, 0.1) is 6.61 Å². The summed E-state index contributed by atoms with van der Waals surface area (Å²) in [5.74, 6) is 2.02. The number of hydrogen-bond acceptors (Lipinski definition) is 4. The van der Waals surface area contributed by atoms with Crippen LogP contribution in [0.2, 0.25) is 5.15 Å². The Morgan fingerprint density at radius 3 is 3.11 bits per heavy atom. The van der Waals surface area contributed by atoms with E-state index in [1.54, 1.807) is 25.3 Å². The van der Waals surface area contributed by atoms with Crippen molar-refractivity contribution < 1.29 is 9.53 Å². The van der Waals surface area contributed by atoms with Gasteiger partial charge in [-0.3, -0.25) is 4.79 Å². The number of nitrogens with zero attached hydrogens (tertiary/aromatic N) is 2. The van der Waals surface area contributed by atoms with E-state index in [0.29, 0.717) is 24.0 Å². The van der Waals surface area contributed by atoms with Gasteiger partial charge in [-0.2, -0.15) is 11.8 Å². The van der Waals surface area contributed by atoms with E-state index in [-0.39, 0.29) is 11.9 Å². The van der Waals surface area contributed by atoms with Crippen molar-refractivity contribution in [3.05, 3.63) is 29.0 Å². The van der Waals surface area contributed by atoms with Crippen LogP contribution in [-0.2, 0) is 4.74 Å². The van der Waals surface area contributed by atoms with Crippen LogP contribution in [-0.4, -0.2) is 53.6 Å². The topological polar surface area (TPSA) is 42.4 Å². The lowest BCUT2D eigenvalue weighted by molar-refractivity contribution is 0.0619. The molecule has 1 fully saturated rings. The fourth-order valence-electron chi connectivity index (χ4n) is 2.08. The Bertz CT molecular complexity index is 438. The predicted molar refractivity (Wildman–Crippen MR) is 77.9 cm³/mol. The number of carbonyl (C=O) groups is 1. The number of thioether (sulfide) groups is 1. The van der Waals surface area contributed by atoms with E-state index in [1.807, 2.05) is 16.7 Å². The van der Waals surface area contributed by atoms with Crippen LogP contribution in [0.3, 0.4) is 0 Å². The molecule has 1 aromatic rings. The number of halogens is 1. The van der Waals surface area contributed by atoms with Crippen LogP contribution < -0.4 is 0 Å². The quantitative estimate of drug-likeness (QED) is 0.783. The van der Waals surface area contributed by atoms with Gasteiger partial charge in [0.15, 0.2) is 0 Å². The van der Waals surface area contributed by atoms with Crippen molar-refractivity contribution >= 4 is 29.3 Å². The minimum Gasteiger partial charge on any atom is -0.383 e. The van der Waals surface area contributed by atoms with Crippen molar-refractivity contribution in [1.29, 1.82) is 0 Å². The first-order valence-corrected chi connectivity index (χ1v) is 7.76. The van der Waals surface area contributed by atoms with Crippen LogP contribution in [0.4, 0.5) is 0 Å². The molecule has 0 aromatic carbocycles. The fourth-order valence-corrected chi connectivity index (χ4v) is 3.47. The normalized spacial score (nSPS) is 18.5. The van der Waals surface area contributed by atoms with E-state index < -0.39 is 0 Å². The molecule has 1 saturated heterocycles. The highest BCUT2D eigenvalue weighted by atomic mass is 35.5. The van der Waals surface area contributed by atoms with Gasteiger partial charge in [-0.1, -0.05) is 17.7 Å². The summed E-state index contributed by atoms with van der Waals surface area (Å²) in [6.45, 7) is 1.13. The summed E-state index contributed by atoms with van der Waals surface area (Å²) in [7, 11) is 1.64. The number of pyridine rings is 1. The minimum absolute atomic E-state index is 0.0629. The Morgan fingerprint density at radius 2 is 2.47 bits per heavy atom. The van der Waals surface area contributed by atoms with Crippen LogP contribution in [0.25, 0.3) is 0 Å². The molecule has 0 saturated carbocycles. The Kier molecular flexibility index (Phi) is 5.48. The van der Waals surface area contributed by atoms with Crippen molar-refractivity contribution in [3.63, 3.8) is 0 Å². The molecular formula is C13H17ClN2O2S. The highest BCUT2D eigenvalue weighted by Gasteiger charge is 2.28. The monoisotopic (exact) mass is 300 g/mol. The summed E-state index contributed by atoms with van der Waals surface area (Å²) in [6, 6.07) is 5.40. The number of carbonyl (C=O) groups excluding carboxylic acids is 1. The summed E-state index contributed by atoms with van der Waals surface area (Å²) in [6.07, 6.45) is 1.03. The van der Waals surface area contributed by atoms with Crippen LogP contribution in [0.1, 0.15) is 16.9 Å². The van der Waals surface area contributed by atoms with Crippen LogP contribution >= 0.6 is 23.4 Å². The number of aromatic nitrogens is 1. The van der Waals surface area contributed by atoms with E-state index in [0.717, 1.165) is 17.9 Å². The lowest BCUT2D eigenvalue weighted by atomic mass is 10.2. The van der Waals surface area contributed by atoms with Crippen molar-refractivity contribution in [1.82, 2.24) is 9.88 Å². The van der Waals surface area contributed by atoms with Gasteiger partial charge in [-0.25, -0.2) is 4.98 Å². The second kappa shape index (κ2) is 7.12. The van der Waals surface area contributed by atoms with Crippen LogP contribution in [0, 0.1) is 0 Å². The lowest BCUT2D eigenvalue weighted by Crippen LogP contribution is -2.42. The Hall–Kier alpha value is -0.780. The van der Waals surface area contributed by atoms with Gasteiger partial charge in [-0.05, 0) is 24.3 Å². The van der Waals surface area contributed by atoms with Gasteiger partial charge in [0.1, 0.15) is 10.8 Å². The van der Waals surface area contributed by atoms with Gasteiger partial charge < -0.3 is 9.64 Å². The second-order valence-electron chi connectivity index (χ2n) is 4.35. The molecule has 0 N–H and O–H groups in total. The van der Waals surface area contributed by atoms with E-state index in [2.05, 4.69) is 4.98 Å². The molecule has 2 rings (SSSR count). The average molecular weight is 301 g/mol. The third-order valence-electron chi connectivity index (χ3n) is 3.08. The highest BCUT2D eigenvalue weighted by molar-refractivity contribution is 7.99. The summed E-state index contributed by atoms with van der Waals surface area (Å²) >= 11 is 7.73. The van der Waals surface area contributed by atoms with E-state index in [4.69, 9.17) is 16.3 Å². The first-order valence-electron chi connectivity index (χ1n) is 6.22. The number of amides is 1. The molecule has 104 valence electrons. The second-order valence-corrected chi connectivity index (χ2v) is 5.89. The number of methoxy groups -OCH3 is 1. The van der Waals surface area contributed by atoms with Crippen LogP contribution in [0.15, 0.2) is 18.2 Å². The zero-order chi connectivity index (χ0) is 13.7. The molecule has 0 aliphatic carbocycles. The zero-order valence-corrected chi connectivity index (χ0v) is 12.4. The fraction of sp³-hybridized carbons (Fsp3) is 0.538. The zero-order valence-electron chi connectivity index (χ0n) is 10.8. The van der Waals surface area contributed by atoms with Gasteiger partial charge in [0.2, 0.25) is 0 Å². The maximum atomic E-state index is 12.5. The SMILES string of the molecule is COCCN(C(=O)c1cccc(Cl)n1)C1CCSC1. The molecule has 2 heterocycles. The molecule has 6 heteroatoms. The van der Waals surface area contributed by atoms with Crippen molar-refractivity contribution in [2.24, 2.45) is 0 Å². The summed E-state index contributed by atoms with van der Waals surface area (Å²) < 4.78 is 5.09. The smallest absolute Gasteiger partial charge is 0.272 e. The molecule has 1 amide bonds. The first-order chi connectivity index (χ1) is 9.22. The standard InChI is InChI=1S/C13H17ClN2O2S/c1-18-7-6-16(10-5-8-19-9-10)13(17)11-3-2-4-12(14)15-11/h2-4,10H,5-9H2,1H3. The van der Waals surface area contributed by atoms with Crippen molar-refractivity contribution in [2.45, 2.75) is 12.5 Å². The summed E-state index contributed by atoms with van der Waals surface area (Å²) in [5, 5.41) is 0.346. The molecule has 19 heavy (non-hydrogen) atoms. The molecule has 0 spiro atoms. The van der Waals surface area contributed by atoms with E-state index in [1.165, 1.54) is 0 Å². The van der Waals surface area contributed by atoms with Crippen molar-refractivity contribution in [3.8, 4) is 0 Å². The molecule has 1 aliphatic heterocycles. The Labute approximate surface area is 122 Å². The van der Waals surface area contributed by atoms with Crippen molar-refractivity contribution in [2.75, 3.05) is 31.8 Å². The highest BCUT2D eigenvalue weighted by Crippen LogP contribution is 2.23. The van der Waals surface area contributed by atoms with Gasteiger partial charge in [0.25, 0.3) is 5.91 Å². The summed E-state index contributed by atoms with van der Waals surface area (Å²) in [5.41, 5.74) is 0.403. The minimum atomic E-state index is -0.0629. The molecule has 1 unspecified atom stereocenters. The van der Waals surface area contributed by atoms with Gasteiger partial charge in [-0.15, -0.1) is 0 Å². The average Bonchev–Trinajstić information content (AvgIpc) is 2.93. The molecule has 4 nitrogen and oxygen atoms in total. The molecule has 0 bridgehead atoms. The number of hydrogen-bond donors (Lipinski definition) is 0. The maximum Gasteiger partial charge on any atom is 0.272 e. The van der Waals surface area contributed by atoms with E-state index >= 15 is 0 Å². The maximum absolute atomic E-state index is 12.5. The molecule has 1 atom stereocenters. The third kappa shape index (κ3) is 3.84. The van der Waals surface area contributed by atoms with E-state index in [9.17, 15) is 4.79 Å². The third-order valence-corrected chi connectivity index (χ3v) is 4.43. The number of ether oxygens (including phenoxy) is 1. The van der Waals surface area contributed by atoms with Gasteiger partial charge >= 0.3 is 0 Å². The predicted octanol–water partition coefficient (Wildman–Crippen LogP) is 2.33. The lowest BCUT2D eigenvalue weighted by Gasteiger charge is -2.28. The largest absolute Gasteiger partial charge is 0.383 e. The van der Waals surface area contributed by atoms with Gasteiger partial charge in [0, 0.05) is 25.4 Å². The Balaban J connectivity index is 2.14. The molecule has 1 aromatic heterocycles. The van der Waals surface area contributed by atoms with Crippen LogP contribution in [0.5, 0.6) is 0 Å². The molecule has 0 radical (unpaired) electrons. The number of rotatable bonds is 5.